The standard InChI is InChI=1S/C22H16ClFN8O/c23-16-7-13(24)5-4-12(16)9-33-14-3-1-2-11(6-14)19-17-18(27)15(8-25)20(28)31-21(17)32-22(30-19)29-10-26/h1-7,19H,9H2,(H6,27,28,29,30,31,32). The van der Waals surface area contributed by atoms with E-state index in [-0.39, 0.29) is 40.5 Å². The van der Waals surface area contributed by atoms with Crippen molar-refractivity contribution in [2.45, 2.75) is 12.6 Å². The Hall–Kier alpha value is -4.54. The second-order valence-corrected chi connectivity index (χ2v) is 7.41. The molecule has 1 unspecified atom stereocenters. The predicted octanol–water partition coefficient (Wildman–Crippen LogP) is 3.43. The van der Waals surface area contributed by atoms with Crippen molar-refractivity contribution >= 4 is 34.9 Å². The number of halogens is 2. The summed E-state index contributed by atoms with van der Waals surface area (Å²) in [6.45, 7) is 0.120. The quantitative estimate of drug-likeness (QED) is 0.339. The van der Waals surface area contributed by atoms with Crippen molar-refractivity contribution in [1.29, 1.82) is 10.5 Å². The molecule has 0 fully saturated rings. The number of nitrogen functional groups attached to an aromatic ring is 2. The van der Waals surface area contributed by atoms with Gasteiger partial charge in [-0.15, -0.1) is 0 Å². The highest BCUT2D eigenvalue weighted by molar-refractivity contribution is 6.31. The van der Waals surface area contributed by atoms with E-state index in [1.165, 1.54) is 12.1 Å². The highest BCUT2D eigenvalue weighted by Gasteiger charge is 2.29. The van der Waals surface area contributed by atoms with Crippen LogP contribution in [-0.2, 0) is 6.61 Å². The van der Waals surface area contributed by atoms with Crippen LogP contribution in [0.4, 0.5) is 21.7 Å². The molecule has 2 aromatic carbocycles. The number of fused-ring (bicyclic) bond motifs is 1. The summed E-state index contributed by atoms with van der Waals surface area (Å²) in [5, 5.41) is 24.0. The Bertz CT molecular complexity index is 1360. The molecule has 3 aromatic rings. The molecular formula is C22H16ClFN8O. The molecule has 1 atom stereocenters. The largest absolute Gasteiger partial charge is 0.489 e. The van der Waals surface area contributed by atoms with Gasteiger partial charge in [-0.2, -0.15) is 10.5 Å². The van der Waals surface area contributed by atoms with E-state index in [9.17, 15) is 9.65 Å². The van der Waals surface area contributed by atoms with Gasteiger partial charge in [-0.25, -0.2) is 14.4 Å². The van der Waals surface area contributed by atoms with E-state index < -0.39 is 11.9 Å². The van der Waals surface area contributed by atoms with Crippen molar-refractivity contribution in [1.82, 2.24) is 10.3 Å². The minimum atomic E-state index is -0.699. The molecule has 4 rings (SSSR count). The maximum atomic E-state index is 13.3. The van der Waals surface area contributed by atoms with Gasteiger partial charge in [0.05, 0.1) is 10.7 Å². The smallest absolute Gasteiger partial charge is 0.211 e. The second kappa shape index (κ2) is 8.91. The Kier molecular flexibility index (Phi) is 5.85. The van der Waals surface area contributed by atoms with Crippen LogP contribution in [0, 0.1) is 28.6 Å². The highest BCUT2D eigenvalue weighted by Crippen LogP contribution is 2.41. The molecule has 164 valence electrons. The van der Waals surface area contributed by atoms with Crippen LogP contribution in [0.3, 0.4) is 0 Å². The van der Waals surface area contributed by atoms with Gasteiger partial charge >= 0.3 is 0 Å². The first-order valence-electron chi connectivity index (χ1n) is 9.56. The lowest BCUT2D eigenvalue weighted by molar-refractivity contribution is 0.305. The van der Waals surface area contributed by atoms with E-state index in [1.54, 1.807) is 36.5 Å². The fraction of sp³-hybridized carbons (Fsp3) is 0.0909. The number of nitrogens with two attached hydrogens (primary N) is 2. The number of nitrogens with one attached hydrogen (secondary N) is 2. The summed E-state index contributed by atoms with van der Waals surface area (Å²) >= 11 is 6.07. The van der Waals surface area contributed by atoms with Crippen LogP contribution in [0.2, 0.25) is 5.02 Å². The van der Waals surface area contributed by atoms with Gasteiger partial charge < -0.3 is 21.5 Å². The van der Waals surface area contributed by atoms with Crippen molar-refractivity contribution in [3.05, 3.63) is 75.6 Å². The Balaban J connectivity index is 1.71. The molecule has 1 aliphatic heterocycles. The molecule has 1 aliphatic rings. The van der Waals surface area contributed by atoms with Crippen molar-refractivity contribution in [2.75, 3.05) is 16.8 Å². The fourth-order valence-electron chi connectivity index (χ4n) is 3.40. The summed E-state index contributed by atoms with van der Waals surface area (Å²) in [5.41, 5.74) is 14.0. The summed E-state index contributed by atoms with van der Waals surface area (Å²) in [5.74, 6) is 0.465. The first-order chi connectivity index (χ1) is 15.9. The van der Waals surface area contributed by atoms with E-state index in [2.05, 4.69) is 20.6 Å². The van der Waals surface area contributed by atoms with Crippen LogP contribution in [0.5, 0.6) is 5.75 Å². The highest BCUT2D eigenvalue weighted by atomic mass is 35.5. The zero-order valence-electron chi connectivity index (χ0n) is 16.9. The average Bonchev–Trinajstić information content (AvgIpc) is 2.78. The second-order valence-electron chi connectivity index (χ2n) is 7.00. The van der Waals surface area contributed by atoms with Crippen LogP contribution in [0.25, 0.3) is 0 Å². The topological polar surface area (TPSA) is 158 Å². The number of hydrogen-bond acceptors (Lipinski definition) is 9. The Labute approximate surface area is 193 Å². The molecule has 9 nitrogen and oxygen atoms in total. The number of nitriles is 2. The van der Waals surface area contributed by atoms with Crippen LogP contribution in [-0.4, -0.2) is 10.9 Å². The summed E-state index contributed by atoms with van der Waals surface area (Å²) in [7, 11) is 0. The predicted molar refractivity (Wildman–Crippen MR) is 122 cm³/mol. The maximum absolute atomic E-state index is 13.3. The van der Waals surface area contributed by atoms with Gasteiger partial charge in [0.15, 0.2) is 6.19 Å². The number of rotatable bonds is 4. The molecule has 6 N–H and O–H groups in total. The van der Waals surface area contributed by atoms with Crippen molar-refractivity contribution in [2.24, 2.45) is 4.99 Å². The van der Waals surface area contributed by atoms with Gasteiger partial charge in [0, 0.05) is 11.1 Å². The summed E-state index contributed by atoms with van der Waals surface area (Å²) in [4.78, 5) is 8.74. The number of pyridine rings is 1. The molecular weight excluding hydrogens is 447 g/mol. The monoisotopic (exact) mass is 462 g/mol. The zero-order valence-corrected chi connectivity index (χ0v) is 17.7. The number of hydrogen-bond donors (Lipinski definition) is 4. The first kappa shape index (κ1) is 21.7. The van der Waals surface area contributed by atoms with Gasteiger partial charge in [0.25, 0.3) is 0 Å². The van der Waals surface area contributed by atoms with E-state index in [4.69, 9.17) is 33.1 Å². The normalized spacial score (nSPS) is 14.2. The molecule has 0 saturated carbocycles. The summed E-state index contributed by atoms with van der Waals surface area (Å²) in [6, 6.07) is 12.4. The zero-order chi connectivity index (χ0) is 23.5. The third-order valence-corrected chi connectivity index (χ3v) is 5.29. The lowest BCUT2D eigenvalue weighted by atomic mass is 9.95. The number of anilines is 3. The lowest BCUT2D eigenvalue weighted by Gasteiger charge is -2.26. The van der Waals surface area contributed by atoms with E-state index >= 15 is 0 Å². The molecule has 0 bridgehead atoms. The van der Waals surface area contributed by atoms with Gasteiger partial charge in [-0.3, -0.25) is 5.32 Å². The number of aliphatic imine (C=N–C) groups is 1. The van der Waals surface area contributed by atoms with Gasteiger partial charge in [-0.1, -0.05) is 29.8 Å². The molecule has 2 heterocycles. The molecule has 0 saturated heterocycles. The van der Waals surface area contributed by atoms with Crippen LogP contribution >= 0.6 is 11.6 Å². The van der Waals surface area contributed by atoms with Crippen molar-refractivity contribution < 1.29 is 9.13 Å². The van der Waals surface area contributed by atoms with E-state index in [0.717, 1.165) is 0 Å². The summed E-state index contributed by atoms with van der Waals surface area (Å²) in [6.07, 6.45) is 1.80. The molecule has 0 radical (unpaired) electrons. The number of ether oxygens (including phenoxy) is 1. The Morgan fingerprint density at radius 3 is 2.76 bits per heavy atom. The van der Waals surface area contributed by atoms with Crippen molar-refractivity contribution in [3.8, 4) is 18.0 Å². The fourth-order valence-corrected chi connectivity index (χ4v) is 3.62. The van der Waals surface area contributed by atoms with Gasteiger partial charge in [0.1, 0.15) is 47.5 Å². The minimum absolute atomic E-state index is 0.0357. The van der Waals surface area contributed by atoms with Crippen LogP contribution in [0.15, 0.2) is 47.5 Å². The summed E-state index contributed by atoms with van der Waals surface area (Å²) < 4.78 is 19.1. The average molecular weight is 463 g/mol. The maximum Gasteiger partial charge on any atom is 0.211 e. The van der Waals surface area contributed by atoms with Gasteiger partial charge in [-0.05, 0) is 29.8 Å². The van der Waals surface area contributed by atoms with Crippen molar-refractivity contribution in [3.63, 3.8) is 0 Å². The van der Waals surface area contributed by atoms with Crippen LogP contribution in [0.1, 0.15) is 28.3 Å². The van der Waals surface area contributed by atoms with E-state index in [1.807, 2.05) is 6.07 Å². The number of nitrogens with zero attached hydrogens (tertiary/aromatic N) is 4. The first-order valence-corrected chi connectivity index (χ1v) is 9.94. The molecule has 0 spiro atoms. The Morgan fingerprint density at radius 2 is 2.03 bits per heavy atom. The third kappa shape index (κ3) is 4.28. The van der Waals surface area contributed by atoms with Crippen LogP contribution < -0.4 is 26.8 Å². The van der Waals surface area contributed by atoms with Gasteiger partial charge in [0.2, 0.25) is 5.96 Å². The SMILES string of the molecule is N#CNC1=NC(c2cccc(OCc3ccc(F)cc3Cl)c2)c2c(nc(N)c(C#N)c2N)N1. The number of guanidine groups is 1. The molecule has 0 aliphatic carbocycles. The minimum Gasteiger partial charge on any atom is -0.489 e. The third-order valence-electron chi connectivity index (χ3n) is 4.94. The lowest BCUT2D eigenvalue weighted by Crippen LogP contribution is -2.32. The molecule has 11 heteroatoms. The van der Waals surface area contributed by atoms with E-state index in [0.29, 0.717) is 22.4 Å². The molecule has 33 heavy (non-hydrogen) atoms. The number of aromatic nitrogens is 1. The molecule has 0 amide bonds. The molecule has 1 aromatic heterocycles. The number of benzene rings is 2. The Morgan fingerprint density at radius 1 is 1.21 bits per heavy atom.